The van der Waals surface area contributed by atoms with Gasteiger partial charge >= 0.3 is 0 Å². The lowest BCUT2D eigenvalue weighted by molar-refractivity contribution is 0.0948. The summed E-state index contributed by atoms with van der Waals surface area (Å²) in [6.07, 6.45) is 0.728. The minimum atomic E-state index is -0.232. The van der Waals surface area contributed by atoms with Gasteiger partial charge in [-0.25, -0.2) is 4.39 Å². The Balaban J connectivity index is 1.35. The van der Waals surface area contributed by atoms with Gasteiger partial charge in [-0.05, 0) is 60.4 Å². The molecule has 0 fully saturated rings. The molecule has 1 aliphatic heterocycles. The summed E-state index contributed by atoms with van der Waals surface area (Å²) >= 11 is 0. The molecule has 4 rings (SSSR count). The summed E-state index contributed by atoms with van der Waals surface area (Å²) in [5, 5.41) is 8.78. The van der Waals surface area contributed by atoms with E-state index in [0.29, 0.717) is 23.4 Å². The van der Waals surface area contributed by atoms with Crippen molar-refractivity contribution in [1.29, 1.82) is 0 Å². The zero-order chi connectivity index (χ0) is 22.7. The molecule has 3 N–H and O–H groups in total. The molecular weight excluding hydrogens is 405 g/mol. The molecular formula is C26H26FN3O2. The molecule has 3 aromatic carbocycles. The minimum absolute atomic E-state index is 0.118. The number of fused-ring (bicyclic) bond motifs is 1. The molecule has 0 radical (unpaired) electrons. The van der Waals surface area contributed by atoms with Gasteiger partial charge in [-0.1, -0.05) is 36.4 Å². The second-order valence-electron chi connectivity index (χ2n) is 8.02. The predicted octanol–water partition coefficient (Wildman–Crippen LogP) is 4.57. The second kappa shape index (κ2) is 9.22. The van der Waals surface area contributed by atoms with E-state index in [9.17, 15) is 14.0 Å². The van der Waals surface area contributed by atoms with E-state index in [2.05, 4.69) is 16.0 Å². The summed E-state index contributed by atoms with van der Waals surface area (Å²) in [5.74, 6) is -0.338. The molecule has 6 heteroatoms. The number of amides is 2. The van der Waals surface area contributed by atoms with E-state index in [0.717, 1.165) is 23.1 Å². The summed E-state index contributed by atoms with van der Waals surface area (Å²) in [7, 11) is 1.60. The van der Waals surface area contributed by atoms with Gasteiger partial charge in [0.25, 0.3) is 11.8 Å². The fraction of sp³-hybridized carbons (Fsp3) is 0.231. The van der Waals surface area contributed by atoms with Crippen LogP contribution in [0.4, 0.5) is 10.1 Å². The van der Waals surface area contributed by atoms with Gasteiger partial charge in [-0.15, -0.1) is 0 Å². The van der Waals surface area contributed by atoms with Gasteiger partial charge in [-0.2, -0.15) is 0 Å². The number of rotatable bonds is 6. The van der Waals surface area contributed by atoms with Crippen LogP contribution in [0.25, 0.3) is 11.1 Å². The first-order valence-electron chi connectivity index (χ1n) is 10.7. The molecule has 2 atom stereocenters. The van der Waals surface area contributed by atoms with Crippen LogP contribution in [0.3, 0.4) is 0 Å². The van der Waals surface area contributed by atoms with Crippen LogP contribution in [-0.4, -0.2) is 31.4 Å². The number of carbonyl (C=O) groups excluding carboxylic acids is 2. The molecule has 2 amide bonds. The van der Waals surface area contributed by atoms with Crippen LogP contribution in [0.2, 0.25) is 0 Å². The predicted molar refractivity (Wildman–Crippen MR) is 124 cm³/mol. The van der Waals surface area contributed by atoms with Crippen molar-refractivity contribution in [3.63, 3.8) is 0 Å². The van der Waals surface area contributed by atoms with Gasteiger partial charge in [0.1, 0.15) is 5.82 Å². The van der Waals surface area contributed by atoms with E-state index in [-0.39, 0.29) is 29.6 Å². The fourth-order valence-corrected chi connectivity index (χ4v) is 4.22. The van der Waals surface area contributed by atoms with E-state index in [4.69, 9.17) is 0 Å². The average molecular weight is 432 g/mol. The van der Waals surface area contributed by atoms with Crippen molar-refractivity contribution >= 4 is 17.5 Å². The third-order valence-electron chi connectivity index (χ3n) is 6.02. The molecule has 2 unspecified atom stereocenters. The van der Waals surface area contributed by atoms with Crippen LogP contribution in [0, 0.1) is 5.82 Å². The van der Waals surface area contributed by atoms with Crippen molar-refractivity contribution in [2.75, 3.05) is 18.9 Å². The Hall–Kier alpha value is -3.67. The van der Waals surface area contributed by atoms with Crippen molar-refractivity contribution in [2.45, 2.75) is 25.3 Å². The van der Waals surface area contributed by atoms with E-state index >= 15 is 0 Å². The number of benzene rings is 3. The van der Waals surface area contributed by atoms with E-state index in [1.54, 1.807) is 37.4 Å². The molecule has 0 saturated carbocycles. The van der Waals surface area contributed by atoms with E-state index in [1.165, 1.54) is 6.07 Å². The maximum Gasteiger partial charge on any atom is 0.251 e. The SMILES string of the molecule is CNC(=O)c1ccc(-c2ccc(C(=O)NCCC3c4cccc(F)c4NC3C)cc2)cc1. The van der Waals surface area contributed by atoms with Crippen molar-refractivity contribution < 1.29 is 14.0 Å². The number of carbonyl (C=O) groups is 2. The Labute approximate surface area is 187 Å². The highest BCUT2D eigenvalue weighted by atomic mass is 19.1. The van der Waals surface area contributed by atoms with E-state index < -0.39 is 0 Å². The van der Waals surface area contributed by atoms with Crippen molar-refractivity contribution in [3.05, 3.63) is 89.2 Å². The third kappa shape index (κ3) is 4.35. The second-order valence-corrected chi connectivity index (χ2v) is 8.02. The van der Waals surface area contributed by atoms with Gasteiger partial charge in [0.2, 0.25) is 0 Å². The number of hydrogen-bond acceptors (Lipinski definition) is 3. The number of para-hydroxylation sites is 1. The number of hydrogen-bond donors (Lipinski definition) is 3. The Bertz CT molecular complexity index is 1130. The van der Waals surface area contributed by atoms with Gasteiger partial charge in [0, 0.05) is 36.7 Å². The summed E-state index contributed by atoms with van der Waals surface area (Å²) < 4.78 is 14.0. The maximum atomic E-state index is 14.0. The molecule has 1 aliphatic rings. The van der Waals surface area contributed by atoms with Gasteiger partial charge in [0.05, 0.1) is 5.69 Å². The lowest BCUT2D eigenvalue weighted by atomic mass is 9.92. The molecule has 0 saturated heterocycles. The quantitative estimate of drug-likeness (QED) is 0.536. The minimum Gasteiger partial charge on any atom is -0.379 e. The lowest BCUT2D eigenvalue weighted by Gasteiger charge is -2.16. The highest BCUT2D eigenvalue weighted by Gasteiger charge is 2.30. The van der Waals surface area contributed by atoms with Gasteiger partial charge in [-0.3, -0.25) is 9.59 Å². The zero-order valence-corrected chi connectivity index (χ0v) is 18.1. The average Bonchev–Trinajstić information content (AvgIpc) is 3.15. The molecule has 0 aliphatic carbocycles. The standard InChI is InChI=1S/C26H26FN3O2/c1-16-21(22-4-3-5-23(27)24(22)30-16)14-15-29-26(32)20-12-8-18(9-13-20)17-6-10-19(11-7-17)25(31)28-2/h3-13,16,21,30H,14-15H2,1-2H3,(H,28,31)(H,29,32). The zero-order valence-electron chi connectivity index (χ0n) is 18.1. The molecule has 3 aromatic rings. The van der Waals surface area contributed by atoms with Crippen molar-refractivity contribution in [1.82, 2.24) is 10.6 Å². The Morgan fingerprint density at radius 1 is 0.906 bits per heavy atom. The number of halogens is 1. The Morgan fingerprint density at radius 2 is 1.50 bits per heavy atom. The summed E-state index contributed by atoms with van der Waals surface area (Å²) in [5.41, 5.74) is 4.67. The Kier molecular flexibility index (Phi) is 6.21. The summed E-state index contributed by atoms with van der Waals surface area (Å²) in [4.78, 5) is 24.2. The topological polar surface area (TPSA) is 70.2 Å². The number of anilines is 1. The molecule has 0 spiro atoms. The smallest absolute Gasteiger partial charge is 0.251 e. The summed E-state index contributed by atoms with van der Waals surface area (Å²) in [6, 6.07) is 20.0. The number of nitrogens with one attached hydrogen (secondary N) is 3. The van der Waals surface area contributed by atoms with Crippen LogP contribution in [0.5, 0.6) is 0 Å². The highest BCUT2D eigenvalue weighted by Crippen LogP contribution is 2.39. The first kappa shape index (κ1) is 21.6. The molecule has 5 nitrogen and oxygen atoms in total. The van der Waals surface area contributed by atoms with Crippen molar-refractivity contribution in [3.8, 4) is 11.1 Å². The van der Waals surface area contributed by atoms with Crippen molar-refractivity contribution in [2.24, 2.45) is 0 Å². The lowest BCUT2D eigenvalue weighted by Crippen LogP contribution is -2.27. The molecule has 0 bridgehead atoms. The third-order valence-corrected chi connectivity index (χ3v) is 6.02. The van der Waals surface area contributed by atoms with Crippen LogP contribution >= 0.6 is 0 Å². The Morgan fingerprint density at radius 3 is 2.09 bits per heavy atom. The van der Waals surface area contributed by atoms with Crippen LogP contribution < -0.4 is 16.0 Å². The van der Waals surface area contributed by atoms with Gasteiger partial charge in [0.15, 0.2) is 0 Å². The molecule has 32 heavy (non-hydrogen) atoms. The molecule has 1 heterocycles. The maximum absolute atomic E-state index is 14.0. The fourth-order valence-electron chi connectivity index (χ4n) is 4.22. The highest BCUT2D eigenvalue weighted by molar-refractivity contribution is 5.95. The monoisotopic (exact) mass is 431 g/mol. The normalized spacial score (nSPS) is 16.7. The summed E-state index contributed by atoms with van der Waals surface area (Å²) in [6.45, 7) is 2.54. The van der Waals surface area contributed by atoms with Crippen LogP contribution in [0.15, 0.2) is 66.7 Å². The first-order valence-corrected chi connectivity index (χ1v) is 10.7. The van der Waals surface area contributed by atoms with E-state index in [1.807, 2.05) is 37.3 Å². The molecule has 164 valence electrons. The first-order chi connectivity index (χ1) is 15.5. The largest absolute Gasteiger partial charge is 0.379 e. The van der Waals surface area contributed by atoms with Crippen LogP contribution in [0.1, 0.15) is 45.5 Å². The molecule has 0 aromatic heterocycles. The van der Waals surface area contributed by atoms with Gasteiger partial charge < -0.3 is 16.0 Å². The van der Waals surface area contributed by atoms with Crippen LogP contribution in [-0.2, 0) is 0 Å².